The van der Waals surface area contributed by atoms with Crippen molar-refractivity contribution in [2.45, 2.75) is 25.2 Å². The molecule has 1 atom stereocenters. The first-order valence-corrected chi connectivity index (χ1v) is 9.20. The number of anilines is 1. The van der Waals surface area contributed by atoms with E-state index in [4.69, 9.17) is 16.3 Å². The van der Waals surface area contributed by atoms with Crippen LogP contribution in [0.2, 0.25) is 5.02 Å². The smallest absolute Gasteiger partial charge is 0.417 e. The summed E-state index contributed by atoms with van der Waals surface area (Å²) in [5.41, 5.74) is -0.860. The van der Waals surface area contributed by atoms with Crippen molar-refractivity contribution in [3.8, 4) is 5.75 Å². The van der Waals surface area contributed by atoms with Crippen LogP contribution < -0.4 is 20.5 Å². The van der Waals surface area contributed by atoms with Crippen LogP contribution >= 0.6 is 11.6 Å². The summed E-state index contributed by atoms with van der Waals surface area (Å²) < 4.78 is 44.6. The fourth-order valence-electron chi connectivity index (χ4n) is 3.26. The molecule has 2 aromatic rings. The number of nitrogens with zero attached hydrogens (tertiary/aromatic N) is 2. The van der Waals surface area contributed by atoms with E-state index in [2.05, 4.69) is 5.32 Å². The van der Waals surface area contributed by atoms with E-state index in [1.165, 1.54) is 0 Å². The Labute approximate surface area is 169 Å². The van der Waals surface area contributed by atoms with Gasteiger partial charge in [-0.25, -0.2) is 0 Å². The molecule has 0 aliphatic carbocycles. The van der Waals surface area contributed by atoms with Gasteiger partial charge in [-0.2, -0.15) is 13.2 Å². The summed E-state index contributed by atoms with van der Waals surface area (Å²) in [4.78, 5) is 26.1. The number of aromatic nitrogens is 1. The average molecular weight is 430 g/mol. The molecule has 3 rings (SSSR count). The summed E-state index contributed by atoms with van der Waals surface area (Å²) in [6, 6.07) is 6.53. The zero-order valence-corrected chi connectivity index (χ0v) is 16.3. The minimum atomic E-state index is -4.59. The second-order valence-corrected chi connectivity index (χ2v) is 7.13. The molecule has 1 N–H and O–H groups in total. The Morgan fingerprint density at radius 2 is 2.07 bits per heavy atom. The molecule has 0 radical (unpaired) electrons. The molecule has 1 aliphatic rings. The largest absolute Gasteiger partial charge is 0.495 e. The predicted octanol–water partition coefficient (Wildman–Crippen LogP) is 2.92. The molecule has 2 heterocycles. The molecule has 1 aromatic heterocycles. The minimum absolute atomic E-state index is 0.215. The number of nitrogens with one attached hydrogen (secondary N) is 1. The number of halogens is 4. The van der Waals surface area contributed by atoms with Gasteiger partial charge in [0.2, 0.25) is 5.91 Å². The lowest BCUT2D eigenvalue weighted by molar-refractivity contribution is -0.138. The summed E-state index contributed by atoms with van der Waals surface area (Å²) in [5.74, 6) is 0.119. The van der Waals surface area contributed by atoms with Gasteiger partial charge in [0.05, 0.1) is 18.4 Å². The van der Waals surface area contributed by atoms with E-state index in [0.717, 1.165) is 16.3 Å². The zero-order valence-electron chi connectivity index (χ0n) is 15.5. The van der Waals surface area contributed by atoms with E-state index < -0.39 is 29.8 Å². The fraction of sp³-hybridized carbons (Fsp3) is 0.368. The maximum absolute atomic E-state index is 12.8. The van der Waals surface area contributed by atoms with Crippen molar-refractivity contribution in [2.75, 3.05) is 25.1 Å². The SMILES string of the molecule is COc1ccc(Cl)cc1N1CCC(NC(=O)Cn2cc(C(F)(F)F)ccc2=O)C1. The number of alkyl halides is 3. The predicted molar refractivity (Wildman–Crippen MR) is 102 cm³/mol. The van der Waals surface area contributed by atoms with Gasteiger partial charge in [0.25, 0.3) is 5.56 Å². The first kappa shape index (κ1) is 21.0. The highest BCUT2D eigenvalue weighted by Gasteiger charge is 2.31. The van der Waals surface area contributed by atoms with Gasteiger partial charge in [-0.1, -0.05) is 11.6 Å². The average Bonchev–Trinajstić information content (AvgIpc) is 3.10. The van der Waals surface area contributed by atoms with Crippen LogP contribution in [-0.4, -0.2) is 36.7 Å². The third kappa shape index (κ3) is 5.03. The van der Waals surface area contributed by atoms with Gasteiger partial charge in [-0.15, -0.1) is 0 Å². The first-order chi connectivity index (χ1) is 13.7. The quantitative estimate of drug-likeness (QED) is 0.794. The number of pyridine rings is 1. The molecule has 1 amide bonds. The Morgan fingerprint density at radius 3 is 2.76 bits per heavy atom. The highest BCUT2D eigenvalue weighted by molar-refractivity contribution is 6.30. The molecule has 6 nitrogen and oxygen atoms in total. The lowest BCUT2D eigenvalue weighted by Gasteiger charge is -2.22. The van der Waals surface area contributed by atoms with Crippen molar-refractivity contribution in [1.29, 1.82) is 0 Å². The molecule has 1 saturated heterocycles. The van der Waals surface area contributed by atoms with Crippen molar-refractivity contribution in [3.05, 3.63) is 57.5 Å². The molecule has 0 bridgehead atoms. The van der Waals surface area contributed by atoms with Crippen LogP contribution in [0.1, 0.15) is 12.0 Å². The third-order valence-corrected chi connectivity index (χ3v) is 4.89. The number of carbonyl (C=O) groups excluding carboxylic acids is 1. The van der Waals surface area contributed by atoms with Crippen molar-refractivity contribution in [1.82, 2.24) is 9.88 Å². The van der Waals surface area contributed by atoms with Gasteiger partial charge in [-0.3, -0.25) is 9.59 Å². The van der Waals surface area contributed by atoms with Crippen molar-refractivity contribution in [3.63, 3.8) is 0 Å². The Kier molecular flexibility index (Phi) is 6.07. The zero-order chi connectivity index (χ0) is 21.2. The Balaban J connectivity index is 1.65. The van der Waals surface area contributed by atoms with E-state index in [1.54, 1.807) is 25.3 Å². The highest BCUT2D eigenvalue weighted by atomic mass is 35.5. The van der Waals surface area contributed by atoms with Crippen LogP contribution in [0, 0.1) is 0 Å². The van der Waals surface area contributed by atoms with Crippen LogP contribution in [0.3, 0.4) is 0 Å². The lowest BCUT2D eigenvalue weighted by Crippen LogP contribution is -2.40. The highest BCUT2D eigenvalue weighted by Crippen LogP contribution is 2.33. The van der Waals surface area contributed by atoms with Gasteiger partial charge >= 0.3 is 6.18 Å². The lowest BCUT2D eigenvalue weighted by atomic mass is 10.2. The number of hydrogen-bond acceptors (Lipinski definition) is 4. The third-order valence-electron chi connectivity index (χ3n) is 4.66. The van der Waals surface area contributed by atoms with E-state index in [-0.39, 0.29) is 6.04 Å². The van der Waals surface area contributed by atoms with E-state index >= 15 is 0 Å². The molecular weight excluding hydrogens is 411 g/mol. The number of methoxy groups -OCH3 is 1. The molecule has 0 spiro atoms. The molecule has 10 heteroatoms. The summed E-state index contributed by atoms with van der Waals surface area (Å²) in [6.45, 7) is 0.644. The second-order valence-electron chi connectivity index (χ2n) is 6.70. The second kappa shape index (κ2) is 8.36. The first-order valence-electron chi connectivity index (χ1n) is 8.83. The number of rotatable bonds is 5. The maximum Gasteiger partial charge on any atom is 0.417 e. The topological polar surface area (TPSA) is 63.6 Å². The number of carbonyl (C=O) groups is 1. The van der Waals surface area contributed by atoms with Gasteiger partial charge in [-0.05, 0) is 30.7 Å². The molecule has 29 heavy (non-hydrogen) atoms. The maximum atomic E-state index is 12.8. The molecule has 1 aliphatic heterocycles. The molecule has 1 fully saturated rings. The van der Waals surface area contributed by atoms with Gasteiger partial charge in [0.15, 0.2) is 0 Å². The summed E-state index contributed by atoms with van der Waals surface area (Å²) >= 11 is 6.06. The van der Waals surface area contributed by atoms with Crippen molar-refractivity contribution in [2.24, 2.45) is 0 Å². The Bertz CT molecular complexity index is 962. The van der Waals surface area contributed by atoms with Gasteiger partial charge < -0.3 is 19.5 Å². The number of amides is 1. The molecule has 156 valence electrons. The van der Waals surface area contributed by atoms with E-state index in [0.29, 0.717) is 42.5 Å². The van der Waals surface area contributed by atoms with Crippen LogP contribution in [0.5, 0.6) is 5.75 Å². The molecule has 0 saturated carbocycles. The molecular formula is C19H19ClF3N3O3. The minimum Gasteiger partial charge on any atom is -0.495 e. The Hall–Kier alpha value is -2.68. The van der Waals surface area contributed by atoms with Gasteiger partial charge in [0.1, 0.15) is 12.3 Å². The fourth-order valence-corrected chi connectivity index (χ4v) is 3.42. The summed E-state index contributed by atoms with van der Waals surface area (Å²) in [5, 5.41) is 3.32. The van der Waals surface area contributed by atoms with Crippen LogP contribution in [0.4, 0.5) is 18.9 Å². The molecule has 1 unspecified atom stereocenters. The van der Waals surface area contributed by atoms with Crippen LogP contribution in [0.15, 0.2) is 41.3 Å². The van der Waals surface area contributed by atoms with Crippen molar-refractivity contribution < 1.29 is 22.7 Å². The van der Waals surface area contributed by atoms with Crippen LogP contribution in [-0.2, 0) is 17.5 Å². The summed E-state index contributed by atoms with van der Waals surface area (Å²) in [7, 11) is 1.55. The van der Waals surface area contributed by atoms with E-state index in [9.17, 15) is 22.8 Å². The number of benzene rings is 1. The number of ether oxygens (including phenoxy) is 1. The van der Waals surface area contributed by atoms with Gasteiger partial charge in [0, 0.05) is 36.4 Å². The normalized spacial score (nSPS) is 16.7. The number of hydrogen-bond donors (Lipinski definition) is 1. The Morgan fingerprint density at radius 1 is 1.31 bits per heavy atom. The van der Waals surface area contributed by atoms with Crippen LogP contribution in [0.25, 0.3) is 0 Å². The summed E-state index contributed by atoms with van der Waals surface area (Å²) in [6.07, 6.45) is -3.30. The van der Waals surface area contributed by atoms with E-state index in [1.807, 2.05) is 4.90 Å². The van der Waals surface area contributed by atoms with Crippen molar-refractivity contribution >= 4 is 23.2 Å². The standard InChI is InChI=1S/C19H19ClF3N3O3/c1-29-16-4-3-13(20)8-15(16)25-7-6-14(10-25)24-17(27)11-26-9-12(19(21,22)23)2-5-18(26)28/h2-5,8-9,14H,6-7,10-11H2,1H3,(H,24,27). The monoisotopic (exact) mass is 429 g/mol. The molecule has 1 aromatic carbocycles.